The van der Waals surface area contributed by atoms with Crippen LogP contribution >= 0.6 is 0 Å². The Bertz CT molecular complexity index is 146. The summed E-state index contributed by atoms with van der Waals surface area (Å²) in [5.74, 6) is -1.07. The SMILES string of the molecule is [2H][C@H](O)CC([2H])([2H])C(=O)OC. The van der Waals surface area contributed by atoms with E-state index in [9.17, 15) is 4.79 Å². The maximum absolute atomic E-state index is 10.6. The van der Waals surface area contributed by atoms with Crippen LogP contribution in [0, 0.1) is 0 Å². The minimum Gasteiger partial charge on any atom is -0.469 e. The summed E-state index contributed by atoms with van der Waals surface area (Å²) in [6.07, 6.45) is -2.84. The molecule has 0 unspecified atom stereocenters. The number of esters is 1. The van der Waals surface area contributed by atoms with Gasteiger partial charge in [-0.3, -0.25) is 4.79 Å². The summed E-state index contributed by atoms with van der Waals surface area (Å²) in [6, 6.07) is 0. The fourth-order valence-electron chi connectivity index (χ4n) is 0.201. The average molecular weight is 121 g/mol. The summed E-state index contributed by atoms with van der Waals surface area (Å²) < 4.78 is 24.7. The van der Waals surface area contributed by atoms with Crippen LogP contribution in [0.15, 0.2) is 0 Å². The summed E-state index contributed by atoms with van der Waals surface area (Å²) in [6.45, 7) is -1.59. The first-order valence-corrected chi connectivity index (χ1v) is 2.09. The average Bonchev–Trinajstić information content (AvgIpc) is 1.83. The van der Waals surface area contributed by atoms with Gasteiger partial charge in [0.1, 0.15) is 0 Å². The number of carbonyl (C=O) groups excluding carboxylic acids is 1. The Labute approximate surface area is 52.5 Å². The molecule has 3 nitrogen and oxygen atoms in total. The van der Waals surface area contributed by atoms with E-state index < -0.39 is 25.3 Å². The van der Waals surface area contributed by atoms with Crippen LogP contribution in [0.5, 0.6) is 0 Å². The van der Waals surface area contributed by atoms with Gasteiger partial charge in [-0.05, 0) is 6.42 Å². The van der Waals surface area contributed by atoms with E-state index in [0.29, 0.717) is 0 Å². The van der Waals surface area contributed by atoms with Crippen molar-refractivity contribution in [2.24, 2.45) is 0 Å². The van der Waals surface area contributed by atoms with Crippen molar-refractivity contribution in [1.82, 2.24) is 0 Å². The number of methoxy groups -OCH3 is 1. The zero-order valence-corrected chi connectivity index (χ0v) is 4.55. The molecule has 0 rings (SSSR count). The molecular weight excluding hydrogens is 108 g/mol. The number of carbonyl (C=O) groups is 1. The van der Waals surface area contributed by atoms with Crippen molar-refractivity contribution in [2.75, 3.05) is 13.7 Å². The maximum atomic E-state index is 10.6. The van der Waals surface area contributed by atoms with Gasteiger partial charge in [0, 0.05) is 15.7 Å². The highest BCUT2D eigenvalue weighted by atomic mass is 16.5. The molecule has 0 fully saturated rings. The number of hydrogen-bond donors (Lipinski definition) is 1. The third kappa shape index (κ3) is 3.61. The molecular formula is C5H10O3. The Morgan fingerprint density at radius 2 is 2.62 bits per heavy atom. The summed E-state index contributed by atoms with van der Waals surface area (Å²) in [7, 11) is 1.05. The van der Waals surface area contributed by atoms with Crippen LogP contribution in [-0.4, -0.2) is 24.8 Å². The molecule has 48 valence electrons. The van der Waals surface area contributed by atoms with Crippen LogP contribution in [0.2, 0.25) is 0 Å². The molecule has 0 aromatic rings. The van der Waals surface area contributed by atoms with E-state index in [1.165, 1.54) is 0 Å². The molecule has 0 aliphatic heterocycles. The molecule has 1 atom stereocenters. The highest BCUT2D eigenvalue weighted by Crippen LogP contribution is 1.87. The van der Waals surface area contributed by atoms with Crippen molar-refractivity contribution in [3.05, 3.63) is 0 Å². The van der Waals surface area contributed by atoms with Crippen molar-refractivity contribution in [2.45, 2.75) is 12.8 Å². The van der Waals surface area contributed by atoms with Crippen LogP contribution in [0.3, 0.4) is 0 Å². The topological polar surface area (TPSA) is 46.5 Å². The molecule has 8 heavy (non-hydrogen) atoms. The molecule has 0 saturated heterocycles. The number of rotatable bonds is 3. The Morgan fingerprint density at radius 3 is 3.00 bits per heavy atom. The fourth-order valence-corrected chi connectivity index (χ4v) is 0.201. The third-order valence-corrected chi connectivity index (χ3v) is 0.523. The molecule has 0 aliphatic rings. The lowest BCUT2D eigenvalue weighted by atomic mass is 10.3. The van der Waals surface area contributed by atoms with Gasteiger partial charge in [-0.25, -0.2) is 0 Å². The predicted octanol–water partition coefficient (Wildman–Crippen LogP) is -0.0681. The third-order valence-electron chi connectivity index (χ3n) is 0.523. The van der Waals surface area contributed by atoms with Crippen molar-refractivity contribution in [3.63, 3.8) is 0 Å². The fraction of sp³-hybridized carbons (Fsp3) is 0.800. The number of aliphatic hydroxyl groups excluding tert-OH is 1. The van der Waals surface area contributed by atoms with E-state index in [0.717, 1.165) is 7.11 Å². The Balaban J connectivity index is 4.09. The monoisotopic (exact) mass is 121 g/mol. The second kappa shape index (κ2) is 4.59. The highest BCUT2D eigenvalue weighted by molar-refractivity contribution is 5.68. The highest BCUT2D eigenvalue weighted by Gasteiger charge is 1.95. The Morgan fingerprint density at radius 1 is 2.00 bits per heavy atom. The second-order valence-electron chi connectivity index (χ2n) is 1.06. The molecule has 0 heterocycles. The van der Waals surface area contributed by atoms with Gasteiger partial charge >= 0.3 is 5.97 Å². The number of hydrogen-bond acceptors (Lipinski definition) is 3. The lowest BCUT2D eigenvalue weighted by Gasteiger charge is -1.93. The molecule has 0 radical (unpaired) electrons. The lowest BCUT2D eigenvalue weighted by Crippen LogP contribution is -2.00. The molecule has 0 amide bonds. The zero-order valence-electron chi connectivity index (χ0n) is 7.55. The van der Waals surface area contributed by atoms with E-state index >= 15 is 0 Å². The zero-order chi connectivity index (χ0) is 9.07. The van der Waals surface area contributed by atoms with Crippen molar-refractivity contribution >= 4 is 5.97 Å². The van der Waals surface area contributed by atoms with Gasteiger partial charge in [0.15, 0.2) is 0 Å². The summed E-state index contributed by atoms with van der Waals surface area (Å²) >= 11 is 0. The van der Waals surface area contributed by atoms with E-state index in [-0.39, 0.29) is 0 Å². The molecule has 3 heteroatoms. The number of ether oxygens (including phenoxy) is 1. The van der Waals surface area contributed by atoms with Gasteiger partial charge in [0.2, 0.25) is 0 Å². The smallest absolute Gasteiger partial charge is 0.305 e. The van der Waals surface area contributed by atoms with Crippen LogP contribution in [-0.2, 0) is 9.53 Å². The maximum Gasteiger partial charge on any atom is 0.305 e. The van der Waals surface area contributed by atoms with Crippen LogP contribution in [0.4, 0.5) is 0 Å². The van der Waals surface area contributed by atoms with Crippen molar-refractivity contribution in [3.8, 4) is 0 Å². The van der Waals surface area contributed by atoms with Crippen LogP contribution in [0.1, 0.15) is 16.9 Å². The van der Waals surface area contributed by atoms with Gasteiger partial charge in [0.05, 0.1) is 8.48 Å². The minimum absolute atomic E-state index is 0.570. The largest absolute Gasteiger partial charge is 0.469 e. The Hall–Kier alpha value is -0.570. The van der Waals surface area contributed by atoms with Gasteiger partial charge < -0.3 is 9.84 Å². The summed E-state index contributed by atoms with van der Waals surface area (Å²) in [5, 5.41) is 8.45. The first-order chi connectivity index (χ1) is 4.90. The molecule has 0 aliphatic carbocycles. The van der Waals surface area contributed by atoms with Crippen molar-refractivity contribution in [1.29, 1.82) is 0 Å². The molecule has 1 N–H and O–H groups in total. The lowest BCUT2D eigenvalue weighted by molar-refractivity contribution is -0.140. The van der Waals surface area contributed by atoms with E-state index in [2.05, 4.69) is 4.74 Å². The van der Waals surface area contributed by atoms with Gasteiger partial charge in [-0.1, -0.05) is 0 Å². The van der Waals surface area contributed by atoms with E-state index in [1.54, 1.807) is 0 Å². The standard InChI is InChI=1S/C5H10O3/c1-8-5(7)3-2-4-6/h6H,2-4H2,1H3/i3D2,4D/t4-/m0/s1. The van der Waals surface area contributed by atoms with Crippen molar-refractivity contribution < 1.29 is 18.8 Å². The van der Waals surface area contributed by atoms with Gasteiger partial charge in [-0.15, -0.1) is 0 Å². The van der Waals surface area contributed by atoms with E-state index in [1.807, 2.05) is 0 Å². The molecule has 0 saturated carbocycles. The van der Waals surface area contributed by atoms with Crippen LogP contribution in [0.25, 0.3) is 0 Å². The minimum atomic E-state index is -2.27. The first kappa shape index (κ1) is 3.45. The molecule has 0 aromatic heterocycles. The molecule has 0 bridgehead atoms. The second-order valence-corrected chi connectivity index (χ2v) is 1.06. The normalized spacial score (nSPS) is 20.0. The van der Waals surface area contributed by atoms with E-state index in [4.69, 9.17) is 9.22 Å². The van der Waals surface area contributed by atoms with Gasteiger partial charge in [0.25, 0.3) is 0 Å². The first-order valence-electron chi connectivity index (χ1n) is 3.66. The molecule has 0 spiro atoms. The van der Waals surface area contributed by atoms with Crippen LogP contribution < -0.4 is 0 Å². The predicted molar refractivity (Wildman–Crippen MR) is 28.3 cm³/mol. The summed E-state index contributed by atoms with van der Waals surface area (Å²) in [5.41, 5.74) is 0. The molecule has 0 aromatic carbocycles. The summed E-state index contributed by atoms with van der Waals surface area (Å²) in [4.78, 5) is 10.6. The number of aliphatic hydroxyl groups is 1. The Kier molecular flexibility index (Phi) is 1.98. The van der Waals surface area contributed by atoms with Gasteiger partial charge in [-0.2, -0.15) is 0 Å². The quantitative estimate of drug-likeness (QED) is 0.532.